The van der Waals surface area contributed by atoms with Gasteiger partial charge in [-0.05, 0) is 55.0 Å². The third-order valence-corrected chi connectivity index (χ3v) is 3.73. The number of nitrogens with zero attached hydrogens (tertiary/aromatic N) is 1. The number of aryl methyl sites for hydroxylation is 1. The minimum Gasteiger partial charge on any atom is -0.495 e. The van der Waals surface area contributed by atoms with Crippen LogP contribution in [0.2, 0.25) is 0 Å². The lowest BCUT2D eigenvalue weighted by Gasteiger charge is -2.12. The van der Waals surface area contributed by atoms with Gasteiger partial charge in [-0.15, -0.1) is 0 Å². The number of hydrogen-bond acceptors (Lipinski definition) is 4. The summed E-state index contributed by atoms with van der Waals surface area (Å²) in [5.41, 5.74) is 2.90. The summed E-state index contributed by atoms with van der Waals surface area (Å²) in [5, 5.41) is 5.87. The number of hydrogen-bond donors (Lipinski definition) is 2. The number of anilines is 3. The Balaban J connectivity index is 1.71. The number of methoxy groups -OCH3 is 1. The Morgan fingerprint density at radius 3 is 2.65 bits per heavy atom. The number of carbonyl (C=O) groups is 1. The molecule has 0 atom stereocenters. The molecule has 0 saturated carbocycles. The Labute approximate surface area is 150 Å². The molecule has 0 aliphatic rings. The Kier molecular flexibility index (Phi) is 5.12. The van der Waals surface area contributed by atoms with Crippen LogP contribution < -0.4 is 15.4 Å². The van der Waals surface area contributed by atoms with Crippen LogP contribution in [0, 0.1) is 12.7 Å². The minimum atomic E-state index is -0.461. The molecule has 1 heterocycles. The van der Waals surface area contributed by atoms with Crippen molar-refractivity contribution in [2.75, 3.05) is 17.7 Å². The molecule has 0 saturated heterocycles. The fourth-order valence-electron chi connectivity index (χ4n) is 2.43. The summed E-state index contributed by atoms with van der Waals surface area (Å²) >= 11 is 0. The third kappa shape index (κ3) is 4.16. The lowest BCUT2D eigenvalue weighted by molar-refractivity contribution is 0.102. The number of aromatic nitrogens is 1. The Morgan fingerprint density at radius 2 is 1.96 bits per heavy atom. The summed E-state index contributed by atoms with van der Waals surface area (Å²) in [7, 11) is 1.61. The maximum atomic E-state index is 13.2. The highest BCUT2D eigenvalue weighted by molar-refractivity contribution is 6.03. The molecule has 26 heavy (non-hydrogen) atoms. The zero-order valence-electron chi connectivity index (χ0n) is 14.4. The highest BCUT2D eigenvalue weighted by Crippen LogP contribution is 2.28. The molecule has 132 valence electrons. The van der Waals surface area contributed by atoms with Gasteiger partial charge in [-0.3, -0.25) is 4.79 Å². The second-order valence-electron chi connectivity index (χ2n) is 5.73. The van der Waals surface area contributed by atoms with Gasteiger partial charge in [-0.25, -0.2) is 9.37 Å². The molecule has 2 aromatic carbocycles. The molecule has 0 fully saturated rings. The number of rotatable bonds is 5. The molecule has 2 N–H and O–H groups in total. The number of halogens is 1. The standard InChI is InChI=1S/C20H18FN3O2/c1-13-6-8-18(26-2)17(10-13)23-16-7-9-19(22-12-16)24-20(25)14-4-3-5-15(21)11-14/h3-12,23H,1-2H3,(H,22,24,25). The van der Waals surface area contributed by atoms with Gasteiger partial charge < -0.3 is 15.4 Å². The summed E-state index contributed by atoms with van der Waals surface area (Å²) in [6.07, 6.45) is 1.60. The van der Waals surface area contributed by atoms with E-state index in [1.165, 1.54) is 18.2 Å². The van der Waals surface area contributed by atoms with E-state index in [1.807, 2.05) is 25.1 Å². The van der Waals surface area contributed by atoms with Gasteiger partial charge >= 0.3 is 0 Å². The second-order valence-corrected chi connectivity index (χ2v) is 5.73. The second kappa shape index (κ2) is 7.65. The molecule has 6 heteroatoms. The van der Waals surface area contributed by atoms with Gasteiger partial charge in [0, 0.05) is 5.56 Å². The Hall–Kier alpha value is -3.41. The first-order chi connectivity index (χ1) is 12.5. The van der Waals surface area contributed by atoms with Crippen molar-refractivity contribution >= 4 is 23.1 Å². The SMILES string of the molecule is COc1ccc(C)cc1Nc1ccc(NC(=O)c2cccc(F)c2)nc1. The monoisotopic (exact) mass is 351 g/mol. The molecule has 0 bridgehead atoms. The van der Waals surface area contributed by atoms with E-state index in [0.717, 1.165) is 22.7 Å². The van der Waals surface area contributed by atoms with Crippen molar-refractivity contribution in [2.45, 2.75) is 6.92 Å². The van der Waals surface area contributed by atoms with E-state index in [4.69, 9.17) is 4.74 Å². The molecule has 3 rings (SSSR count). The maximum Gasteiger partial charge on any atom is 0.256 e. The van der Waals surface area contributed by atoms with Crippen molar-refractivity contribution in [1.82, 2.24) is 4.98 Å². The van der Waals surface area contributed by atoms with Gasteiger partial charge in [0.05, 0.1) is 24.7 Å². The van der Waals surface area contributed by atoms with E-state index in [9.17, 15) is 9.18 Å². The number of pyridine rings is 1. The topological polar surface area (TPSA) is 63.2 Å². The summed E-state index contributed by atoms with van der Waals surface area (Å²) in [5.74, 6) is 0.218. The molecule has 3 aromatic rings. The summed E-state index contributed by atoms with van der Waals surface area (Å²) in [6.45, 7) is 1.99. The van der Waals surface area contributed by atoms with Gasteiger partial charge in [0.2, 0.25) is 0 Å². The van der Waals surface area contributed by atoms with Crippen LogP contribution in [0.3, 0.4) is 0 Å². The minimum absolute atomic E-state index is 0.235. The quantitative estimate of drug-likeness (QED) is 0.709. The zero-order valence-corrected chi connectivity index (χ0v) is 14.4. The highest BCUT2D eigenvalue weighted by Gasteiger charge is 2.08. The molecule has 0 spiro atoms. The lowest BCUT2D eigenvalue weighted by Crippen LogP contribution is -2.13. The fraction of sp³-hybridized carbons (Fsp3) is 0.100. The maximum absolute atomic E-state index is 13.2. The summed E-state index contributed by atoms with van der Waals surface area (Å²) in [6, 6.07) is 14.8. The lowest BCUT2D eigenvalue weighted by atomic mass is 10.2. The van der Waals surface area contributed by atoms with Gasteiger partial charge in [0.1, 0.15) is 17.4 Å². The van der Waals surface area contributed by atoms with Crippen molar-refractivity contribution in [1.29, 1.82) is 0 Å². The molecule has 5 nitrogen and oxygen atoms in total. The van der Waals surface area contributed by atoms with Crippen molar-refractivity contribution in [3.63, 3.8) is 0 Å². The Bertz CT molecular complexity index is 927. The van der Waals surface area contributed by atoms with Crippen LogP contribution in [0.5, 0.6) is 5.75 Å². The average Bonchev–Trinajstić information content (AvgIpc) is 2.63. The van der Waals surface area contributed by atoms with Gasteiger partial charge in [0.25, 0.3) is 5.91 Å². The predicted molar refractivity (Wildman–Crippen MR) is 99.6 cm³/mol. The van der Waals surface area contributed by atoms with Crippen LogP contribution in [0.25, 0.3) is 0 Å². The largest absolute Gasteiger partial charge is 0.495 e. The van der Waals surface area contributed by atoms with Crippen molar-refractivity contribution < 1.29 is 13.9 Å². The first kappa shape index (κ1) is 17.4. The molecule has 0 radical (unpaired) electrons. The number of ether oxygens (including phenoxy) is 1. The third-order valence-electron chi connectivity index (χ3n) is 3.73. The van der Waals surface area contributed by atoms with Crippen LogP contribution in [0.4, 0.5) is 21.6 Å². The predicted octanol–water partition coefficient (Wildman–Crippen LogP) is 4.53. The number of benzene rings is 2. The van der Waals surface area contributed by atoms with Crippen LogP contribution >= 0.6 is 0 Å². The molecular weight excluding hydrogens is 333 g/mol. The van der Waals surface area contributed by atoms with E-state index in [-0.39, 0.29) is 5.56 Å². The molecule has 1 amide bonds. The molecule has 0 unspecified atom stereocenters. The van der Waals surface area contributed by atoms with E-state index in [2.05, 4.69) is 15.6 Å². The van der Waals surface area contributed by atoms with E-state index < -0.39 is 11.7 Å². The van der Waals surface area contributed by atoms with Crippen molar-refractivity contribution in [3.05, 3.63) is 77.7 Å². The molecular formula is C20H18FN3O2. The van der Waals surface area contributed by atoms with Crippen LogP contribution in [0.15, 0.2) is 60.8 Å². The van der Waals surface area contributed by atoms with Gasteiger partial charge in [0.15, 0.2) is 0 Å². The average molecular weight is 351 g/mol. The molecule has 1 aromatic heterocycles. The van der Waals surface area contributed by atoms with E-state index >= 15 is 0 Å². The first-order valence-electron chi connectivity index (χ1n) is 8.00. The van der Waals surface area contributed by atoms with Crippen LogP contribution in [-0.2, 0) is 0 Å². The summed E-state index contributed by atoms with van der Waals surface area (Å²) < 4.78 is 18.5. The smallest absolute Gasteiger partial charge is 0.256 e. The van der Waals surface area contributed by atoms with Crippen molar-refractivity contribution in [2.24, 2.45) is 0 Å². The van der Waals surface area contributed by atoms with E-state index in [1.54, 1.807) is 31.5 Å². The number of nitrogens with one attached hydrogen (secondary N) is 2. The molecule has 0 aliphatic carbocycles. The number of amides is 1. The number of carbonyl (C=O) groups excluding carboxylic acids is 1. The fourth-order valence-corrected chi connectivity index (χ4v) is 2.43. The zero-order chi connectivity index (χ0) is 18.5. The summed E-state index contributed by atoms with van der Waals surface area (Å²) in [4.78, 5) is 16.3. The van der Waals surface area contributed by atoms with Gasteiger partial charge in [-0.2, -0.15) is 0 Å². The van der Waals surface area contributed by atoms with Gasteiger partial charge in [-0.1, -0.05) is 12.1 Å². The van der Waals surface area contributed by atoms with Crippen molar-refractivity contribution in [3.8, 4) is 5.75 Å². The van der Waals surface area contributed by atoms with Crippen LogP contribution in [-0.4, -0.2) is 18.0 Å². The van der Waals surface area contributed by atoms with Crippen LogP contribution in [0.1, 0.15) is 15.9 Å². The normalized spacial score (nSPS) is 10.3. The highest BCUT2D eigenvalue weighted by atomic mass is 19.1. The Morgan fingerprint density at radius 1 is 1.12 bits per heavy atom. The molecule has 0 aliphatic heterocycles. The first-order valence-corrected chi connectivity index (χ1v) is 8.00. The van der Waals surface area contributed by atoms with E-state index in [0.29, 0.717) is 5.82 Å².